The number of anilines is 2. The summed E-state index contributed by atoms with van der Waals surface area (Å²) in [6, 6.07) is 11.6. The average Bonchev–Trinajstić information content (AvgIpc) is 3.05. The highest BCUT2D eigenvalue weighted by Gasteiger charge is 2.16. The highest BCUT2D eigenvalue weighted by atomic mass is 35.5. The summed E-state index contributed by atoms with van der Waals surface area (Å²) in [7, 11) is -3.84. The maximum absolute atomic E-state index is 12.4. The summed E-state index contributed by atoms with van der Waals surface area (Å²) >= 11 is 16.9. The van der Waals surface area contributed by atoms with E-state index in [1.807, 2.05) is 0 Å². The van der Waals surface area contributed by atoms with Gasteiger partial charge in [-0.3, -0.25) is 14.8 Å². The second-order valence-electron chi connectivity index (χ2n) is 6.02. The van der Waals surface area contributed by atoms with E-state index in [4.69, 9.17) is 39.9 Å². The van der Waals surface area contributed by atoms with Gasteiger partial charge in [-0.05, 0) is 61.6 Å². The number of nitrogens with zero attached hydrogens (tertiary/aromatic N) is 1. The zero-order chi connectivity index (χ0) is 21.9. The fourth-order valence-electron chi connectivity index (χ4n) is 2.35. The van der Waals surface area contributed by atoms with Crippen LogP contribution in [0.4, 0.5) is 11.5 Å². The van der Waals surface area contributed by atoms with Gasteiger partial charge < -0.3 is 9.84 Å². The maximum atomic E-state index is 12.4. The number of halogens is 2. The average molecular weight is 485 g/mol. The number of amides is 1. The summed E-state index contributed by atoms with van der Waals surface area (Å²) in [6.07, 6.45) is 0. The molecule has 0 bridgehead atoms. The van der Waals surface area contributed by atoms with Crippen LogP contribution >= 0.6 is 35.4 Å². The van der Waals surface area contributed by atoms with E-state index >= 15 is 0 Å². The van der Waals surface area contributed by atoms with Crippen LogP contribution in [0, 0.1) is 6.92 Å². The van der Waals surface area contributed by atoms with Crippen LogP contribution in [-0.4, -0.2) is 24.6 Å². The molecule has 3 N–H and O–H groups in total. The minimum absolute atomic E-state index is 0.0113. The zero-order valence-electron chi connectivity index (χ0n) is 15.3. The molecule has 3 aromatic rings. The van der Waals surface area contributed by atoms with E-state index in [1.54, 1.807) is 6.92 Å². The van der Waals surface area contributed by atoms with Crippen molar-refractivity contribution in [2.75, 3.05) is 10.0 Å². The molecule has 30 heavy (non-hydrogen) atoms. The van der Waals surface area contributed by atoms with Gasteiger partial charge in [-0.1, -0.05) is 28.4 Å². The molecule has 3 rings (SSSR count). The second-order valence-corrected chi connectivity index (χ2v) is 8.98. The SMILES string of the molecule is Cc1cc(NS(=O)(=O)c2ccc(NC(=S)NC(=O)c3cc(Cl)cc(Cl)c3)cc2)no1. The van der Waals surface area contributed by atoms with Crippen molar-refractivity contribution in [3.8, 4) is 0 Å². The normalized spacial score (nSPS) is 11.0. The first-order valence-corrected chi connectivity index (χ1v) is 10.9. The van der Waals surface area contributed by atoms with E-state index in [9.17, 15) is 13.2 Å². The summed E-state index contributed by atoms with van der Waals surface area (Å²) in [5.41, 5.74) is 0.716. The molecule has 1 aromatic heterocycles. The van der Waals surface area contributed by atoms with Crippen molar-refractivity contribution < 1.29 is 17.7 Å². The third-order valence-corrected chi connectivity index (χ3v) is 5.65. The summed E-state index contributed by atoms with van der Waals surface area (Å²) in [6.45, 7) is 1.65. The quantitative estimate of drug-likeness (QED) is 0.464. The van der Waals surface area contributed by atoms with Gasteiger partial charge >= 0.3 is 0 Å². The smallest absolute Gasteiger partial charge is 0.263 e. The van der Waals surface area contributed by atoms with E-state index < -0.39 is 15.9 Å². The Morgan fingerprint density at radius 3 is 2.27 bits per heavy atom. The Morgan fingerprint density at radius 2 is 1.70 bits per heavy atom. The van der Waals surface area contributed by atoms with Gasteiger partial charge in [0.1, 0.15) is 5.76 Å². The Bertz CT molecular complexity index is 1190. The Balaban J connectivity index is 1.63. The van der Waals surface area contributed by atoms with Crippen molar-refractivity contribution in [2.24, 2.45) is 0 Å². The molecular formula is C18H14Cl2N4O4S2. The number of nitrogens with one attached hydrogen (secondary N) is 3. The molecule has 0 saturated heterocycles. The number of hydrogen-bond donors (Lipinski definition) is 3. The first-order valence-electron chi connectivity index (χ1n) is 8.27. The number of rotatable bonds is 5. The number of benzene rings is 2. The molecule has 0 aliphatic carbocycles. The lowest BCUT2D eigenvalue weighted by atomic mass is 10.2. The fourth-order valence-corrected chi connectivity index (χ4v) is 4.07. The topological polar surface area (TPSA) is 113 Å². The highest BCUT2D eigenvalue weighted by Crippen LogP contribution is 2.20. The molecule has 12 heteroatoms. The Kier molecular flexibility index (Phi) is 6.61. The molecule has 0 atom stereocenters. The third kappa shape index (κ3) is 5.70. The lowest BCUT2D eigenvalue weighted by Gasteiger charge is -2.11. The Morgan fingerprint density at radius 1 is 1.07 bits per heavy atom. The molecule has 0 radical (unpaired) electrons. The van der Waals surface area contributed by atoms with E-state index in [0.29, 0.717) is 21.5 Å². The molecular weight excluding hydrogens is 471 g/mol. The second kappa shape index (κ2) is 9.00. The molecule has 2 aromatic carbocycles. The predicted octanol–water partition coefficient (Wildman–Crippen LogP) is 4.22. The van der Waals surface area contributed by atoms with Gasteiger partial charge in [0.2, 0.25) is 0 Å². The van der Waals surface area contributed by atoms with Crippen LogP contribution in [-0.2, 0) is 10.0 Å². The number of carbonyl (C=O) groups is 1. The van der Waals surface area contributed by atoms with Crippen LogP contribution in [0.25, 0.3) is 0 Å². The maximum Gasteiger partial charge on any atom is 0.263 e. The van der Waals surface area contributed by atoms with Crippen LogP contribution in [0.1, 0.15) is 16.1 Å². The van der Waals surface area contributed by atoms with Crippen LogP contribution < -0.4 is 15.4 Å². The van der Waals surface area contributed by atoms with Gasteiger partial charge in [0.15, 0.2) is 10.9 Å². The minimum Gasteiger partial charge on any atom is -0.360 e. The number of sulfonamides is 1. The van der Waals surface area contributed by atoms with Crippen LogP contribution in [0.5, 0.6) is 0 Å². The van der Waals surface area contributed by atoms with E-state index in [2.05, 4.69) is 20.5 Å². The van der Waals surface area contributed by atoms with Gasteiger partial charge in [0, 0.05) is 27.4 Å². The van der Waals surface area contributed by atoms with Crippen molar-refractivity contribution in [3.05, 3.63) is 69.9 Å². The van der Waals surface area contributed by atoms with Gasteiger partial charge in [-0.15, -0.1) is 0 Å². The summed E-state index contributed by atoms with van der Waals surface area (Å²) in [5, 5.41) is 9.53. The van der Waals surface area contributed by atoms with Gasteiger partial charge in [0.25, 0.3) is 15.9 Å². The minimum atomic E-state index is -3.84. The van der Waals surface area contributed by atoms with E-state index in [1.165, 1.54) is 48.5 Å². The number of aryl methyl sites for hydroxylation is 1. The highest BCUT2D eigenvalue weighted by molar-refractivity contribution is 7.92. The Labute approximate surface area is 187 Å². The third-order valence-electron chi connectivity index (χ3n) is 3.64. The summed E-state index contributed by atoms with van der Waals surface area (Å²) < 4.78 is 31.9. The van der Waals surface area contributed by atoms with Crippen molar-refractivity contribution in [1.82, 2.24) is 10.5 Å². The van der Waals surface area contributed by atoms with Crippen molar-refractivity contribution in [3.63, 3.8) is 0 Å². The van der Waals surface area contributed by atoms with Gasteiger partial charge in [-0.2, -0.15) is 0 Å². The van der Waals surface area contributed by atoms with Gasteiger partial charge in [-0.25, -0.2) is 8.42 Å². The zero-order valence-corrected chi connectivity index (χ0v) is 18.4. The number of aromatic nitrogens is 1. The van der Waals surface area contributed by atoms with E-state index in [0.717, 1.165) is 0 Å². The monoisotopic (exact) mass is 484 g/mol. The molecule has 0 aliphatic rings. The molecule has 0 spiro atoms. The number of carbonyl (C=O) groups excluding carboxylic acids is 1. The lowest BCUT2D eigenvalue weighted by Crippen LogP contribution is -2.34. The number of thiocarbonyl (C=S) groups is 1. The molecule has 156 valence electrons. The van der Waals surface area contributed by atoms with Gasteiger partial charge in [0.05, 0.1) is 4.90 Å². The fraction of sp³-hybridized carbons (Fsp3) is 0.0556. The molecule has 1 heterocycles. The van der Waals surface area contributed by atoms with Crippen molar-refractivity contribution in [1.29, 1.82) is 0 Å². The first kappa shape index (κ1) is 22.0. The summed E-state index contributed by atoms with van der Waals surface area (Å²) in [4.78, 5) is 12.3. The van der Waals surface area contributed by atoms with Crippen LogP contribution in [0.3, 0.4) is 0 Å². The molecule has 1 amide bonds. The molecule has 0 saturated carbocycles. The summed E-state index contributed by atoms with van der Waals surface area (Å²) in [5.74, 6) is 0.0609. The largest absolute Gasteiger partial charge is 0.360 e. The molecule has 0 fully saturated rings. The molecule has 8 nitrogen and oxygen atoms in total. The number of hydrogen-bond acceptors (Lipinski definition) is 6. The van der Waals surface area contributed by atoms with Crippen LogP contribution in [0.2, 0.25) is 10.0 Å². The molecule has 0 unspecified atom stereocenters. The lowest BCUT2D eigenvalue weighted by molar-refractivity contribution is 0.0977. The Hall–Kier alpha value is -2.66. The van der Waals surface area contributed by atoms with Crippen LogP contribution in [0.15, 0.2) is 57.9 Å². The first-order chi connectivity index (χ1) is 14.1. The standard InChI is InChI=1S/C18H14Cl2N4O4S2/c1-10-6-16(23-28-10)24-30(26,27)15-4-2-14(3-5-15)21-18(29)22-17(25)11-7-12(19)9-13(20)8-11/h2-9H,1H3,(H,23,24)(H2,21,22,25,29). The van der Waals surface area contributed by atoms with Crippen molar-refractivity contribution in [2.45, 2.75) is 11.8 Å². The van der Waals surface area contributed by atoms with Crippen molar-refractivity contribution >= 4 is 68.0 Å². The molecule has 0 aliphatic heterocycles. The predicted molar refractivity (Wildman–Crippen MR) is 119 cm³/mol. The van der Waals surface area contributed by atoms with E-state index in [-0.39, 0.29) is 21.4 Å².